The average Bonchev–Trinajstić information content (AvgIpc) is 3.40. The third kappa shape index (κ3) is 4.29. The van der Waals surface area contributed by atoms with Crippen LogP contribution in [-0.2, 0) is 9.53 Å². The number of amides is 2. The second-order valence-corrected chi connectivity index (χ2v) is 7.93. The van der Waals surface area contributed by atoms with E-state index in [-0.39, 0.29) is 36.4 Å². The van der Waals surface area contributed by atoms with E-state index < -0.39 is 6.09 Å². The largest absolute Gasteiger partial charge is 0.465 e. The van der Waals surface area contributed by atoms with E-state index in [1.165, 1.54) is 4.90 Å². The number of carboxylic acid groups (broad SMARTS) is 1. The Bertz CT molecular complexity index is 525. The highest BCUT2D eigenvalue weighted by Gasteiger charge is 2.51. The molecule has 3 rings (SSSR count). The van der Waals surface area contributed by atoms with E-state index in [9.17, 15) is 14.7 Å². The Morgan fingerprint density at radius 1 is 1.27 bits per heavy atom. The third-order valence-corrected chi connectivity index (χ3v) is 6.33. The van der Waals surface area contributed by atoms with E-state index in [0.717, 1.165) is 38.8 Å². The van der Waals surface area contributed by atoms with Gasteiger partial charge in [-0.1, -0.05) is 0 Å². The lowest BCUT2D eigenvalue weighted by atomic mass is 9.90. The van der Waals surface area contributed by atoms with E-state index >= 15 is 0 Å². The van der Waals surface area contributed by atoms with E-state index in [1.54, 1.807) is 12.0 Å². The summed E-state index contributed by atoms with van der Waals surface area (Å²) >= 11 is 0. The topological polar surface area (TPSA) is 93.6 Å². The summed E-state index contributed by atoms with van der Waals surface area (Å²) in [5.74, 6) is -0.00795. The molecule has 3 aliphatic rings. The van der Waals surface area contributed by atoms with Gasteiger partial charge in [-0.05, 0) is 37.6 Å². The minimum absolute atomic E-state index is 0.00795. The van der Waals surface area contributed by atoms with Crippen LogP contribution in [-0.4, -0.2) is 102 Å². The average molecular weight is 369 g/mol. The molecule has 0 bridgehead atoms. The zero-order chi connectivity index (χ0) is 18.7. The number of rotatable bonds is 6. The summed E-state index contributed by atoms with van der Waals surface area (Å²) in [5, 5.41) is 19.5. The Kier molecular flexibility index (Phi) is 6.04. The number of likely N-dealkylation sites (tertiary alicyclic amines) is 1. The smallest absolute Gasteiger partial charge is 0.407 e. The number of hydrogen-bond acceptors (Lipinski definition) is 5. The fourth-order valence-electron chi connectivity index (χ4n) is 4.29. The van der Waals surface area contributed by atoms with Crippen LogP contribution in [0, 0.1) is 5.41 Å². The molecule has 2 saturated heterocycles. The number of aliphatic hydroxyl groups excluding tert-OH is 1. The maximum Gasteiger partial charge on any atom is 0.407 e. The molecule has 3 fully saturated rings. The molecule has 1 saturated carbocycles. The lowest BCUT2D eigenvalue weighted by molar-refractivity contribution is -0.134. The van der Waals surface area contributed by atoms with Crippen molar-refractivity contribution in [2.24, 2.45) is 5.41 Å². The summed E-state index contributed by atoms with van der Waals surface area (Å²) in [7, 11) is 1.63. The van der Waals surface area contributed by atoms with Gasteiger partial charge in [0.2, 0.25) is 5.91 Å². The Morgan fingerprint density at radius 3 is 2.65 bits per heavy atom. The normalized spacial score (nSPS) is 27.5. The fraction of sp³-hybridized carbons (Fsp3) is 0.889. The molecule has 8 nitrogen and oxygen atoms in total. The minimum Gasteiger partial charge on any atom is -0.465 e. The van der Waals surface area contributed by atoms with Crippen molar-refractivity contribution in [3.05, 3.63) is 0 Å². The molecule has 8 heteroatoms. The van der Waals surface area contributed by atoms with E-state index in [1.807, 2.05) is 0 Å². The van der Waals surface area contributed by atoms with Crippen LogP contribution in [0.15, 0.2) is 0 Å². The van der Waals surface area contributed by atoms with E-state index in [2.05, 4.69) is 4.90 Å². The van der Waals surface area contributed by atoms with Crippen LogP contribution in [0.25, 0.3) is 0 Å². The molecule has 2 aliphatic heterocycles. The molecule has 0 aromatic heterocycles. The Hall–Kier alpha value is -1.38. The highest BCUT2D eigenvalue weighted by atomic mass is 16.5. The summed E-state index contributed by atoms with van der Waals surface area (Å²) in [6.45, 7) is 3.96. The van der Waals surface area contributed by atoms with Crippen molar-refractivity contribution in [2.75, 3.05) is 53.0 Å². The summed E-state index contributed by atoms with van der Waals surface area (Å²) in [6, 6.07) is -0.0600. The van der Waals surface area contributed by atoms with Crippen LogP contribution in [0.4, 0.5) is 4.79 Å². The van der Waals surface area contributed by atoms with Crippen molar-refractivity contribution in [1.82, 2.24) is 14.7 Å². The SMILES string of the molecule is COCC(CCN1CCC2(CC2)C(O)C1)N1CCN(C(=O)O)CCC1=O. The van der Waals surface area contributed by atoms with Gasteiger partial charge in [0.25, 0.3) is 0 Å². The number of piperidine rings is 1. The monoisotopic (exact) mass is 369 g/mol. The molecule has 2 unspecified atom stereocenters. The molecule has 2 N–H and O–H groups in total. The standard InChI is InChI=1S/C18H31N3O5/c1-26-13-14(21-11-10-20(17(24)25)8-3-16(21)23)2-7-19-9-6-18(4-5-18)15(22)12-19/h14-15,22H,2-13H2,1H3,(H,24,25). The maximum atomic E-state index is 12.5. The van der Waals surface area contributed by atoms with Crippen LogP contribution in [0.5, 0.6) is 0 Å². The van der Waals surface area contributed by atoms with E-state index in [4.69, 9.17) is 9.84 Å². The molecule has 1 spiro atoms. The van der Waals surface area contributed by atoms with Gasteiger partial charge in [-0.15, -0.1) is 0 Å². The number of methoxy groups -OCH3 is 1. The van der Waals surface area contributed by atoms with Gasteiger partial charge in [-0.3, -0.25) is 4.79 Å². The lowest BCUT2D eigenvalue weighted by Crippen LogP contribution is -2.49. The number of carbonyl (C=O) groups is 2. The Morgan fingerprint density at radius 2 is 2.04 bits per heavy atom. The zero-order valence-corrected chi connectivity index (χ0v) is 15.6. The summed E-state index contributed by atoms with van der Waals surface area (Å²) in [5.41, 5.74) is 0.198. The molecule has 1 aliphatic carbocycles. The molecule has 0 aromatic rings. The molecule has 0 aromatic carbocycles. The first-order valence-corrected chi connectivity index (χ1v) is 9.62. The van der Waals surface area contributed by atoms with E-state index in [0.29, 0.717) is 26.2 Å². The van der Waals surface area contributed by atoms with Crippen molar-refractivity contribution in [3.8, 4) is 0 Å². The number of β-amino-alcohol motifs (C(OH)–C–C–N with tert-alkyl or cyclic N) is 1. The van der Waals surface area contributed by atoms with Crippen LogP contribution in [0.2, 0.25) is 0 Å². The predicted molar refractivity (Wildman–Crippen MR) is 94.9 cm³/mol. The molecule has 0 radical (unpaired) electrons. The predicted octanol–water partition coefficient (Wildman–Crippen LogP) is 0.451. The highest BCUT2D eigenvalue weighted by molar-refractivity contribution is 5.78. The number of nitrogens with zero attached hydrogens (tertiary/aromatic N) is 3. The van der Waals surface area contributed by atoms with Crippen molar-refractivity contribution >= 4 is 12.0 Å². The second-order valence-electron chi connectivity index (χ2n) is 7.93. The number of carbonyl (C=O) groups excluding carboxylic acids is 1. The lowest BCUT2D eigenvalue weighted by Gasteiger charge is -2.38. The Labute approximate surface area is 154 Å². The quantitative estimate of drug-likeness (QED) is 0.706. The van der Waals surface area contributed by atoms with Crippen molar-refractivity contribution in [2.45, 2.75) is 44.2 Å². The van der Waals surface area contributed by atoms with Gasteiger partial charge in [0.05, 0.1) is 18.8 Å². The zero-order valence-electron chi connectivity index (χ0n) is 15.6. The van der Waals surface area contributed by atoms with Gasteiger partial charge in [-0.25, -0.2) is 4.79 Å². The molecular formula is C18H31N3O5. The van der Waals surface area contributed by atoms with Gasteiger partial charge in [0, 0.05) is 46.3 Å². The molecule has 2 heterocycles. The molecular weight excluding hydrogens is 338 g/mol. The molecule has 2 atom stereocenters. The Balaban J connectivity index is 1.54. The van der Waals surface area contributed by atoms with Gasteiger partial charge < -0.3 is 29.6 Å². The second kappa shape index (κ2) is 8.10. The van der Waals surface area contributed by atoms with Gasteiger partial charge in [0.1, 0.15) is 0 Å². The van der Waals surface area contributed by atoms with Crippen molar-refractivity contribution < 1.29 is 24.5 Å². The summed E-state index contributed by atoms with van der Waals surface area (Å²) < 4.78 is 5.33. The highest BCUT2D eigenvalue weighted by Crippen LogP contribution is 2.53. The number of ether oxygens (including phenoxy) is 1. The minimum atomic E-state index is -0.973. The fourth-order valence-corrected chi connectivity index (χ4v) is 4.29. The third-order valence-electron chi connectivity index (χ3n) is 6.33. The van der Waals surface area contributed by atoms with Crippen molar-refractivity contribution in [1.29, 1.82) is 0 Å². The maximum absolute atomic E-state index is 12.5. The number of aliphatic hydroxyl groups is 1. The molecule has 2 amide bonds. The van der Waals surface area contributed by atoms with Crippen LogP contribution >= 0.6 is 0 Å². The first-order valence-electron chi connectivity index (χ1n) is 9.62. The van der Waals surface area contributed by atoms with Crippen LogP contribution < -0.4 is 0 Å². The van der Waals surface area contributed by atoms with Gasteiger partial charge >= 0.3 is 6.09 Å². The van der Waals surface area contributed by atoms with Gasteiger partial charge in [-0.2, -0.15) is 0 Å². The van der Waals surface area contributed by atoms with Gasteiger partial charge in [0.15, 0.2) is 0 Å². The van der Waals surface area contributed by atoms with Crippen LogP contribution in [0.3, 0.4) is 0 Å². The first kappa shape index (κ1) is 19.4. The van der Waals surface area contributed by atoms with Crippen LogP contribution in [0.1, 0.15) is 32.1 Å². The molecule has 26 heavy (non-hydrogen) atoms. The summed E-state index contributed by atoms with van der Waals surface area (Å²) in [4.78, 5) is 29.0. The van der Waals surface area contributed by atoms with Crippen molar-refractivity contribution in [3.63, 3.8) is 0 Å². The first-order chi connectivity index (χ1) is 12.4. The molecule has 148 valence electrons. The summed E-state index contributed by atoms with van der Waals surface area (Å²) in [6.07, 6.45) is 3.14. The number of hydrogen-bond donors (Lipinski definition) is 2.